The number of carbonyl (C=O) groups is 1. The van der Waals surface area contributed by atoms with Crippen LogP contribution in [0.15, 0.2) is 12.4 Å². The van der Waals surface area contributed by atoms with Crippen molar-refractivity contribution in [1.29, 1.82) is 0 Å². The van der Waals surface area contributed by atoms with E-state index in [-0.39, 0.29) is 30.1 Å². The lowest BCUT2D eigenvalue weighted by molar-refractivity contribution is -0.151. The van der Waals surface area contributed by atoms with Gasteiger partial charge in [-0.05, 0) is 44.1 Å². The van der Waals surface area contributed by atoms with Crippen LogP contribution in [-0.4, -0.2) is 59.1 Å². The molecule has 1 amide bonds. The van der Waals surface area contributed by atoms with Crippen molar-refractivity contribution in [3.8, 4) is 0 Å². The maximum atomic E-state index is 13.1. The van der Waals surface area contributed by atoms with E-state index in [1.54, 1.807) is 0 Å². The number of piperidine rings is 1. The van der Waals surface area contributed by atoms with E-state index in [4.69, 9.17) is 9.47 Å². The van der Waals surface area contributed by atoms with Gasteiger partial charge in [-0.25, -0.2) is 0 Å². The summed E-state index contributed by atoms with van der Waals surface area (Å²) in [5.41, 5.74) is 1.16. The predicted octanol–water partition coefficient (Wildman–Crippen LogP) is 2.58. The summed E-state index contributed by atoms with van der Waals surface area (Å²) in [7, 11) is 0. The summed E-state index contributed by atoms with van der Waals surface area (Å²) in [6.45, 7) is 9.00. The first kappa shape index (κ1) is 18.4. The summed E-state index contributed by atoms with van der Waals surface area (Å²) in [6, 6.07) is 0.261. The molecule has 0 radical (unpaired) electrons. The standard InChI is InChI=1S/C19H31N3O3/c1-14(2)18(25-13-17-7-5-9-24-17)19(23)21-8-4-6-16(12-21)22-11-15(3)10-20-22/h10-11,14,16-18H,4-9,12-13H2,1-3H3/t16-,17+,18-/m1/s1. The average Bonchev–Trinajstić information content (AvgIpc) is 3.26. The number of hydrogen-bond donors (Lipinski definition) is 0. The molecule has 2 saturated heterocycles. The fraction of sp³-hybridized carbons (Fsp3) is 0.789. The highest BCUT2D eigenvalue weighted by molar-refractivity contribution is 5.81. The number of rotatable bonds is 6. The topological polar surface area (TPSA) is 56.6 Å². The lowest BCUT2D eigenvalue weighted by atomic mass is 10.0. The lowest BCUT2D eigenvalue weighted by Crippen LogP contribution is -2.48. The number of aryl methyl sites for hydroxylation is 1. The van der Waals surface area contributed by atoms with Crippen LogP contribution in [0.5, 0.6) is 0 Å². The second-order valence-corrected chi connectivity index (χ2v) is 7.71. The molecule has 0 saturated carbocycles. The largest absolute Gasteiger partial charge is 0.376 e. The molecule has 140 valence electrons. The van der Waals surface area contributed by atoms with Gasteiger partial charge in [0.25, 0.3) is 5.91 Å². The molecule has 2 aliphatic heterocycles. The van der Waals surface area contributed by atoms with Gasteiger partial charge in [0, 0.05) is 25.9 Å². The molecule has 0 aliphatic carbocycles. The number of nitrogens with zero attached hydrogens (tertiary/aromatic N) is 3. The smallest absolute Gasteiger partial charge is 0.252 e. The monoisotopic (exact) mass is 349 g/mol. The Morgan fingerprint density at radius 3 is 2.88 bits per heavy atom. The Balaban J connectivity index is 1.60. The Morgan fingerprint density at radius 2 is 2.24 bits per heavy atom. The molecule has 2 aliphatic rings. The maximum Gasteiger partial charge on any atom is 0.252 e. The Morgan fingerprint density at radius 1 is 1.40 bits per heavy atom. The van der Waals surface area contributed by atoms with E-state index in [1.165, 1.54) is 0 Å². The van der Waals surface area contributed by atoms with Gasteiger partial charge in [-0.2, -0.15) is 5.10 Å². The van der Waals surface area contributed by atoms with Crippen molar-refractivity contribution in [1.82, 2.24) is 14.7 Å². The molecule has 6 nitrogen and oxygen atoms in total. The Labute approximate surface area is 150 Å². The SMILES string of the molecule is Cc1cnn([C@@H]2CCCN(C(=O)[C@H](OC[C@@H]3CCCO3)C(C)C)C2)c1. The van der Waals surface area contributed by atoms with Crippen molar-refractivity contribution in [3.05, 3.63) is 18.0 Å². The van der Waals surface area contributed by atoms with Crippen LogP contribution < -0.4 is 0 Å². The Bertz CT molecular complexity index is 566. The molecule has 3 rings (SSSR count). The first-order valence-electron chi connectivity index (χ1n) is 9.57. The minimum Gasteiger partial charge on any atom is -0.376 e. The summed E-state index contributed by atoms with van der Waals surface area (Å²) in [6.07, 6.45) is 7.89. The van der Waals surface area contributed by atoms with Gasteiger partial charge in [0.05, 0.1) is 24.9 Å². The molecule has 3 heterocycles. The molecule has 3 atom stereocenters. The molecule has 0 bridgehead atoms. The number of aromatic nitrogens is 2. The molecule has 0 unspecified atom stereocenters. The van der Waals surface area contributed by atoms with Crippen LogP contribution in [-0.2, 0) is 14.3 Å². The van der Waals surface area contributed by atoms with Gasteiger partial charge >= 0.3 is 0 Å². The average molecular weight is 349 g/mol. The van der Waals surface area contributed by atoms with E-state index >= 15 is 0 Å². The highest BCUT2D eigenvalue weighted by Gasteiger charge is 2.33. The van der Waals surface area contributed by atoms with Crippen LogP contribution in [0.1, 0.15) is 51.1 Å². The molecule has 2 fully saturated rings. The van der Waals surface area contributed by atoms with Gasteiger partial charge in [-0.3, -0.25) is 9.48 Å². The number of likely N-dealkylation sites (tertiary alicyclic amines) is 1. The molecule has 6 heteroatoms. The summed E-state index contributed by atoms with van der Waals surface area (Å²) in [5.74, 6) is 0.266. The van der Waals surface area contributed by atoms with Crippen molar-refractivity contribution in [2.24, 2.45) is 5.92 Å². The van der Waals surface area contributed by atoms with Crippen molar-refractivity contribution in [3.63, 3.8) is 0 Å². The van der Waals surface area contributed by atoms with Gasteiger partial charge in [-0.15, -0.1) is 0 Å². The van der Waals surface area contributed by atoms with Crippen molar-refractivity contribution < 1.29 is 14.3 Å². The maximum absolute atomic E-state index is 13.1. The molecule has 0 spiro atoms. The van der Waals surface area contributed by atoms with E-state index in [2.05, 4.69) is 25.1 Å². The normalized spacial score (nSPS) is 25.5. The van der Waals surface area contributed by atoms with Crippen molar-refractivity contribution in [2.45, 2.75) is 64.7 Å². The van der Waals surface area contributed by atoms with Gasteiger partial charge in [0.2, 0.25) is 0 Å². The predicted molar refractivity (Wildman–Crippen MR) is 95.4 cm³/mol. The summed E-state index contributed by atoms with van der Waals surface area (Å²) >= 11 is 0. The zero-order valence-electron chi connectivity index (χ0n) is 15.7. The molecular weight excluding hydrogens is 318 g/mol. The number of amides is 1. The highest BCUT2D eigenvalue weighted by Crippen LogP contribution is 2.24. The van der Waals surface area contributed by atoms with E-state index in [9.17, 15) is 4.79 Å². The number of ether oxygens (including phenoxy) is 2. The second kappa shape index (κ2) is 8.32. The van der Waals surface area contributed by atoms with E-state index in [0.29, 0.717) is 13.2 Å². The van der Waals surface area contributed by atoms with Crippen LogP contribution in [0.25, 0.3) is 0 Å². The molecular formula is C19H31N3O3. The van der Waals surface area contributed by atoms with Crippen molar-refractivity contribution in [2.75, 3.05) is 26.3 Å². The Kier molecular flexibility index (Phi) is 6.12. The van der Waals surface area contributed by atoms with E-state index in [1.807, 2.05) is 22.7 Å². The van der Waals surface area contributed by atoms with Gasteiger partial charge < -0.3 is 14.4 Å². The van der Waals surface area contributed by atoms with E-state index < -0.39 is 0 Å². The molecule has 1 aromatic rings. The van der Waals surface area contributed by atoms with Crippen LogP contribution in [0.3, 0.4) is 0 Å². The number of hydrogen-bond acceptors (Lipinski definition) is 4. The minimum atomic E-state index is -0.387. The highest BCUT2D eigenvalue weighted by atomic mass is 16.5. The first-order valence-corrected chi connectivity index (χ1v) is 9.57. The fourth-order valence-electron chi connectivity index (χ4n) is 3.72. The fourth-order valence-corrected chi connectivity index (χ4v) is 3.72. The third kappa shape index (κ3) is 4.61. The van der Waals surface area contributed by atoms with Gasteiger partial charge in [0.1, 0.15) is 6.10 Å². The third-order valence-corrected chi connectivity index (χ3v) is 5.15. The van der Waals surface area contributed by atoms with Crippen LogP contribution in [0.2, 0.25) is 0 Å². The summed E-state index contributed by atoms with van der Waals surface area (Å²) in [4.78, 5) is 15.0. The molecule has 25 heavy (non-hydrogen) atoms. The van der Waals surface area contributed by atoms with Crippen molar-refractivity contribution >= 4 is 5.91 Å². The first-order chi connectivity index (χ1) is 12.0. The summed E-state index contributed by atoms with van der Waals surface area (Å²) < 4.78 is 13.6. The third-order valence-electron chi connectivity index (χ3n) is 5.15. The van der Waals surface area contributed by atoms with Gasteiger partial charge in [0.15, 0.2) is 0 Å². The van der Waals surface area contributed by atoms with Crippen LogP contribution >= 0.6 is 0 Å². The van der Waals surface area contributed by atoms with Crippen LogP contribution in [0, 0.1) is 12.8 Å². The zero-order valence-corrected chi connectivity index (χ0v) is 15.7. The lowest BCUT2D eigenvalue weighted by Gasteiger charge is -2.36. The second-order valence-electron chi connectivity index (χ2n) is 7.71. The molecule has 0 N–H and O–H groups in total. The molecule has 0 aromatic carbocycles. The number of carbonyl (C=O) groups excluding carboxylic acids is 1. The van der Waals surface area contributed by atoms with Crippen LogP contribution in [0.4, 0.5) is 0 Å². The quantitative estimate of drug-likeness (QED) is 0.792. The minimum absolute atomic E-state index is 0.113. The molecule has 1 aromatic heterocycles. The Hall–Kier alpha value is -1.40. The van der Waals surface area contributed by atoms with Gasteiger partial charge in [-0.1, -0.05) is 13.8 Å². The summed E-state index contributed by atoms with van der Waals surface area (Å²) in [5, 5.41) is 4.43. The van der Waals surface area contributed by atoms with E-state index in [0.717, 1.165) is 44.4 Å². The zero-order chi connectivity index (χ0) is 17.8.